The minimum absolute atomic E-state index is 0.698. The number of rotatable bonds is 4. The third-order valence-electron chi connectivity index (χ3n) is 5.18. The molecule has 1 nitrogen and oxygen atoms in total. The van der Waals surface area contributed by atoms with Crippen molar-refractivity contribution in [2.24, 2.45) is 0 Å². The highest BCUT2D eigenvalue weighted by atomic mass is 32.2. The Morgan fingerprint density at radius 2 is 1.65 bits per heavy atom. The van der Waals surface area contributed by atoms with E-state index in [2.05, 4.69) is 53.7 Å². The molecule has 2 aliphatic carbocycles. The molecule has 0 radical (unpaired) electrons. The zero-order valence-electron chi connectivity index (χ0n) is 12.6. The van der Waals surface area contributed by atoms with Gasteiger partial charge in [-0.2, -0.15) is 11.8 Å². The van der Waals surface area contributed by atoms with Crippen molar-refractivity contribution in [3.8, 4) is 0 Å². The second-order valence-electron chi connectivity index (χ2n) is 6.39. The Balaban J connectivity index is 1.69. The van der Waals surface area contributed by atoms with Crippen LogP contribution in [0.3, 0.4) is 0 Å². The molecule has 0 heterocycles. The molecule has 2 heteroatoms. The van der Waals surface area contributed by atoms with E-state index in [1.165, 1.54) is 44.9 Å². The summed E-state index contributed by atoms with van der Waals surface area (Å²) >= 11 is 2.06. The Labute approximate surface area is 127 Å². The van der Waals surface area contributed by atoms with Gasteiger partial charge >= 0.3 is 0 Å². The van der Waals surface area contributed by atoms with Crippen LogP contribution in [0.2, 0.25) is 0 Å². The summed E-state index contributed by atoms with van der Waals surface area (Å²) in [4.78, 5) is 0. The summed E-state index contributed by atoms with van der Waals surface area (Å²) in [6, 6.07) is 12.6. The van der Waals surface area contributed by atoms with Crippen molar-refractivity contribution in [2.75, 3.05) is 6.26 Å². The van der Waals surface area contributed by atoms with Gasteiger partial charge in [-0.3, -0.25) is 0 Å². The molecule has 110 valence electrons. The zero-order valence-corrected chi connectivity index (χ0v) is 13.4. The number of nitrogens with one attached hydrogen (secondary N) is 1. The van der Waals surface area contributed by atoms with Gasteiger partial charge in [-0.25, -0.2) is 0 Å². The molecule has 4 atom stereocenters. The van der Waals surface area contributed by atoms with E-state index in [1.54, 1.807) is 5.56 Å². The number of hydrogen-bond donors (Lipinski definition) is 1. The Bertz CT molecular complexity index is 405. The number of benzene rings is 1. The van der Waals surface area contributed by atoms with Gasteiger partial charge in [-0.15, -0.1) is 0 Å². The lowest BCUT2D eigenvalue weighted by Crippen LogP contribution is -2.45. The lowest BCUT2D eigenvalue weighted by Gasteiger charge is -2.36. The molecular weight excluding hydrogens is 262 g/mol. The van der Waals surface area contributed by atoms with E-state index in [4.69, 9.17) is 0 Å². The van der Waals surface area contributed by atoms with E-state index < -0.39 is 0 Å². The van der Waals surface area contributed by atoms with E-state index in [0.717, 1.165) is 17.2 Å². The van der Waals surface area contributed by atoms with Crippen LogP contribution in [0.5, 0.6) is 0 Å². The first kappa shape index (κ1) is 14.5. The van der Waals surface area contributed by atoms with Crippen molar-refractivity contribution in [2.45, 2.75) is 68.2 Å². The molecule has 4 unspecified atom stereocenters. The van der Waals surface area contributed by atoms with Crippen LogP contribution in [0.15, 0.2) is 30.3 Å². The van der Waals surface area contributed by atoms with Crippen molar-refractivity contribution in [1.82, 2.24) is 5.32 Å². The topological polar surface area (TPSA) is 12.0 Å². The second-order valence-corrected chi connectivity index (χ2v) is 7.46. The van der Waals surface area contributed by atoms with Crippen molar-refractivity contribution < 1.29 is 0 Å². The molecule has 2 fully saturated rings. The van der Waals surface area contributed by atoms with Crippen molar-refractivity contribution >= 4 is 11.8 Å². The van der Waals surface area contributed by atoms with Crippen molar-refractivity contribution in [1.29, 1.82) is 0 Å². The van der Waals surface area contributed by atoms with Crippen molar-refractivity contribution in [3.05, 3.63) is 35.9 Å². The quantitative estimate of drug-likeness (QED) is 0.870. The summed E-state index contributed by atoms with van der Waals surface area (Å²) in [5.41, 5.74) is 1.54. The van der Waals surface area contributed by atoms with Gasteiger partial charge in [0, 0.05) is 17.3 Å². The molecule has 0 aromatic heterocycles. The SMILES string of the molecule is CSC1CCCC1NC1CCCCC1c1ccccc1. The summed E-state index contributed by atoms with van der Waals surface area (Å²) in [7, 11) is 0. The molecule has 1 N–H and O–H groups in total. The molecule has 1 aromatic carbocycles. The molecule has 0 spiro atoms. The maximum absolute atomic E-state index is 4.05. The maximum Gasteiger partial charge on any atom is 0.0198 e. The van der Waals surface area contributed by atoms with Gasteiger partial charge in [0.15, 0.2) is 0 Å². The fourth-order valence-corrected chi connectivity index (χ4v) is 5.05. The average molecular weight is 289 g/mol. The first-order valence-corrected chi connectivity index (χ1v) is 9.51. The van der Waals surface area contributed by atoms with E-state index in [-0.39, 0.29) is 0 Å². The normalized spacial score (nSPS) is 34.2. The predicted molar refractivity (Wildman–Crippen MR) is 89.5 cm³/mol. The molecule has 20 heavy (non-hydrogen) atoms. The summed E-state index contributed by atoms with van der Waals surface area (Å²) < 4.78 is 0. The Morgan fingerprint density at radius 1 is 0.900 bits per heavy atom. The van der Waals surface area contributed by atoms with Crippen LogP contribution < -0.4 is 5.32 Å². The fourth-order valence-electron chi connectivity index (χ4n) is 4.10. The highest BCUT2D eigenvalue weighted by Gasteiger charge is 2.32. The van der Waals surface area contributed by atoms with Gasteiger partial charge < -0.3 is 5.32 Å². The standard InChI is InChI=1S/C18H27NS/c1-20-18-13-7-12-17(18)19-16-11-6-5-10-15(16)14-8-3-2-4-9-14/h2-4,8-9,15-19H,5-7,10-13H2,1H3. The molecule has 1 aromatic rings. The maximum atomic E-state index is 4.05. The Kier molecular flexibility index (Phi) is 5.06. The highest BCUT2D eigenvalue weighted by Crippen LogP contribution is 2.36. The lowest BCUT2D eigenvalue weighted by atomic mass is 9.79. The van der Waals surface area contributed by atoms with Crippen LogP contribution >= 0.6 is 11.8 Å². The van der Waals surface area contributed by atoms with Gasteiger partial charge in [0.2, 0.25) is 0 Å². The van der Waals surface area contributed by atoms with Gasteiger partial charge in [0.05, 0.1) is 0 Å². The van der Waals surface area contributed by atoms with E-state index >= 15 is 0 Å². The van der Waals surface area contributed by atoms with E-state index in [9.17, 15) is 0 Å². The second kappa shape index (κ2) is 7.00. The van der Waals surface area contributed by atoms with Crippen LogP contribution in [-0.4, -0.2) is 23.6 Å². The minimum Gasteiger partial charge on any atom is -0.310 e. The van der Waals surface area contributed by atoms with Crippen LogP contribution in [0.1, 0.15) is 56.4 Å². The molecule has 0 amide bonds. The summed E-state index contributed by atoms with van der Waals surface area (Å²) in [6.07, 6.45) is 12.0. The summed E-state index contributed by atoms with van der Waals surface area (Å²) in [5, 5.41) is 4.89. The monoisotopic (exact) mass is 289 g/mol. The van der Waals surface area contributed by atoms with E-state index in [0.29, 0.717) is 6.04 Å². The van der Waals surface area contributed by atoms with Crippen LogP contribution in [0, 0.1) is 0 Å². The third kappa shape index (κ3) is 3.23. The summed E-state index contributed by atoms with van der Waals surface area (Å²) in [6.45, 7) is 0. The average Bonchev–Trinajstić information content (AvgIpc) is 2.96. The fraction of sp³-hybridized carbons (Fsp3) is 0.667. The van der Waals surface area contributed by atoms with Crippen LogP contribution in [0.4, 0.5) is 0 Å². The number of hydrogen-bond acceptors (Lipinski definition) is 2. The molecule has 0 aliphatic heterocycles. The largest absolute Gasteiger partial charge is 0.310 e. The zero-order chi connectivity index (χ0) is 13.8. The Hall–Kier alpha value is -0.470. The molecular formula is C18H27NS. The van der Waals surface area contributed by atoms with Gasteiger partial charge in [0.25, 0.3) is 0 Å². The molecule has 2 saturated carbocycles. The van der Waals surface area contributed by atoms with Gasteiger partial charge in [0.1, 0.15) is 0 Å². The van der Waals surface area contributed by atoms with Crippen LogP contribution in [0.25, 0.3) is 0 Å². The Morgan fingerprint density at radius 3 is 2.45 bits per heavy atom. The molecule has 3 rings (SSSR count). The first-order valence-electron chi connectivity index (χ1n) is 8.22. The van der Waals surface area contributed by atoms with Gasteiger partial charge in [-0.1, -0.05) is 49.6 Å². The predicted octanol–water partition coefficient (Wildman–Crippen LogP) is 4.59. The minimum atomic E-state index is 0.698. The van der Waals surface area contributed by atoms with E-state index in [1.807, 2.05) is 0 Å². The van der Waals surface area contributed by atoms with Gasteiger partial charge in [-0.05, 0) is 43.4 Å². The third-order valence-corrected chi connectivity index (χ3v) is 6.35. The van der Waals surface area contributed by atoms with Crippen LogP contribution in [-0.2, 0) is 0 Å². The molecule has 0 saturated heterocycles. The van der Waals surface area contributed by atoms with Crippen molar-refractivity contribution in [3.63, 3.8) is 0 Å². The summed E-state index contributed by atoms with van der Waals surface area (Å²) in [5.74, 6) is 0.730. The number of thioether (sulfide) groups is 1. The smallest absolute Gasteiger partial charge is 0.0198 e. The first-order chi connectivity index (χ1) is 9.88. The molecule has 0 bridgehead atoms. The highest BCUT2D eigenvalue weighted by molar-refractivity contribution is 7.99. The lowest BCUT2D eigenvalue weighted by molar-refractivity contribution is 0.301. The molecule has 2 aliphatic rings.